The van der Waals surface area contributed by atoms with Gasteiger partial charge in [-0.05, 0) is 93.8 Å². The number of benzene rings is 10. The molecule has 1 heteroatoms. The highest BCUT2D eigenvalue weighted by atomic mass is 16.3. The summed E-state index contributed by atoms with van der Waals surface area (Å²) in [5.74, 6) is 0. The molecule has 10 aromatic carbocycles. The summed E-state index contributed by atoms with van der Waals surface area (Å²) in [4.78, 5) is 0. The van der Waals surface area contributed by atoms with Crippen LogP contribution in [-0.2, 0) is 0 Å². The van der Waals surface area contributed by atoms with Gasteiger partial charge in [0.25, 0.3) is 0 Å². The zero-order valence-electron chi connectivity index (χ0n) is 55.4. The third kappa shape index (κ3) is 4.09. The normalized spacial score (nSPS) is 20.2. The lowest BCUT2D eigenvalue weighted by Crippen LogP contribution is -1.93. The molecule has 236 valence electrons. The molecular formula is C50H30O. The smallest absolute Gasteiger partial charge is 0.143 e. The molecule has 11 aromatic rings. The summed E-state index contributed by atoms with van der Waals surface area (Å²) >= 11 is 0. The van der Waals surface area contributed by atoms with Gasteiger partial charge in [0, 0.05) is 16.3 Å². The number of rotatable bonds is 3. The molecule has 0 atom stereocenters. The summed E-state index contributed by atoms with van der Waals surface area (Å²) in [6, 6.07) is -29.1. The molecule has 0 N–H and O–H groups in total. The zero-order chi connectivity index (χ0) is 59.6. The van der Waals surface area contributed by atoms with Crippen LogP contribution >= 0.6 is 0 Å². The second-order valence-corrected chi connectivity index (χ2v) is 11.3. The van der Waals surface area contributed by atoms with Crippen molar-refractivity contribution in [3.05, 3.63) is 181 Å². The van der Waals surface area contributed by atoms with E-state index in [4.69, 9.17) is 27.7 Å². The minimum absolute atomic E-state index is 0.584. The fraction of sp³-hybridized carbons (Fsp3) is 0. The molecule has 0 aliphatic heterocycles. The Hall–Kier alpha value is -6.70. The second kappa shape index (κ2) is 10.9. The van der Waals surface area contributed by atoms with Crippen molar-refractivity contribution >= 4 is 75.8 Å². The fourth-order valence-electron chi connectivity index (χ4n) is 6.62. The average Bonchev–Trinajstić information content (AvgIpc) is 3.87. The first kappa shape index (κ1) is 11.7. The Morgan fingerprint density at radius 1 is 0.314 bits per heavy atom. The van der Waals surface area contributed by atoms with Crippen molar-refractivity contribution in [2.24, 2.45) is 0 Å². The van der Waals surface area contributed by atoms with Crippen LogP contribution in [0.15, 0.2) is 186 Å². The molecule has 51 heavy (non-hydrogen) atoms. The molecule has 11 rings (SSSR count). The van der Waals surface area contributed by atoms with E-state index in [1.165, 1.54) is 0 Å². The zero-order valence-corrected chi connectivity index (χ0v) is 25.4. The van der Waals surface area contributed by atoms with E-state index in [0.29, 0.717) is 0 Å². The molecule has 0 unspecified atom stereocenters. The van der Waals surface area contributed by atoms with Crippen LogP contribution < -0.4 is 0 Å². The molecule has 0 aliphatic carbocycles. The van der Waals surface area contributed by atoms with Gasteiger partial charge in [-0.2, -0.15) is 0 Å². The van der Waals surface area contributed by atoms with Crippen LogP contribution in [-0.4, -0.2) is 0 Å². The van der Waals surface area contributed by atoms with Crippen molar-refractivity contribution < 1.29 is 45.5 Å². The first-order chi connectivity index (χ1) is 37.8. The van der Waals surface area contributed by atoms with E-state index in [1.807, 2.05) is 0 Å². The van der Waals surface area contributed by atoms with Gasteiger partial charge in [-0.15, -0.1) is 0 Å². The maximum absolute atomic E-state index is 10.1. The van der Waals surface area contributed by atoms with Crippen LogP contribution in [0.1, 0.15) is 41.1 Å². The monoisotopic (exact) mass is 676 g/mol. The van der Waals surface area contributed by atoms with Crippen molar-refractivity contribution in [1.82, 2.24) is 0 Å². The molecule has 1 aromatic heterocycles. The third-order valence-electron chi connectivity index (χ3n) is 8.69. The Kier molecular flexibility index (Phi) is 2.50. The van der Waals surface area contributed by atoms with Gasteiger partial charge < -0.3 is 4.42 Å². The van der Waals surface area contributed by atoms with Crippen LogP contribution in [0, 0.1) is 0 Å². The van der Waals surface area contributed by atoms with Gasteiger partial charge in [0.1, 0.15) is 11.2 Å². The molecular weight excluding hydrogens is 617 g/mol. The first-order valence-corrected chi connectivity index (χ1v) is 15.2. The number of hydrogen-bond donors (Lipinski definition) is 0. The van der Waals surface area contributed by atoms with Gasteiger partial charge in [0.15, 0.2) is 0 Å². The average molecular weight is 677 g/mol. The standard InChI is InChI=1S/C50H30O/c1-2-13-31(14-3-1)36-28-29-44(49-48-35-18-7-5-16-33(35)26-30-45(48)51-50(36)49)47-42-21-10-8-19-40(42)46(41-20-9-11-22-43(41)47)39-24-12-23-37-34-17-6-4-15-32(34)25-27-38(37)39/h1-30H/i1D,2D,3D,4D,5D,6D,7D,8D,9D,10D,11D,12D,13D,14D,15D,16D,17D,18D,19D,20D,21D,22D,23D,24D,25D,26D,27D,28D,29D,30D. The molecule has 1 heterocycles. The lowest BCUT2D eigenvalue weighted by Gasteiger charge is -2.20. The van der Waals surface area contributed by atoms with Crippen LogP contribution in [0.4, 0.5) is 0 Å². The molecule has 0 aliphatic rings. The van der Waals surface area contributed by atoms with Crippen LogP contribution in [0.3, 0.4) is 0 Å². The number of fused-ring (bicyclic) bond motifs is 10. The second-order valence-electron chi connectivity index (χ2n) is 11.3. The summed E-state index contributed by atoms with van der Waals surface area (Å²) in [5.41, 5.74) is -6.29. The molecule has 0 saturated heterocycles. The highest BCUT2D eigenvalue weighted by Gasteiger charge is 2.23. The number of furan rings is 1. The van der Waals surface area contributed by atoms with Crippen molar-refractivity contribution in [2.45, 2.75) is 0 Å². The summed E-state index contributed by atoms with van der Waals surface area (Å²) in [6.45, 7) is 0. The quantitative estimate of drug-likeness (QED) is 0.134. The summed E-state index contributed by atoms with van der Waals surface area (Å²) in [5, 5.41) is -8.28. The van der Waals surface area contributed by atoms with Crippen LogP contribution in [0.25, 0.3) is 109 Å². The SMILES string of the molecule is [2H]c1c([2H])c([2H])c(-c2c([2H])c([2H])c(-c3c4c([2H])c([2H])c([2H])c([2H])c4c(-c4c([2H])c([2H])c([2H])c5c4c([2H])c([2H])c4c([2H])c([2H])c([2H])c([2H])c45)c4c([2H])c([2H])c([2H])c([2H])c34)c3c2oc2c([2H])c([2H])c4c([2H])c([2H])c([2H])c([2H])c4c23)c([2H])c1[2H]. The lowest BCUT2D eigenvalue weighted by atomic mass is 9.83. The highest BCUT2D eigenvalue weighted by molar-refractivity contribution is 6.30. The molecule has 0 radical (unpaired) electrons. The Labute approximate surface area is 336 Å². The van der Waals surface area contributed by atoms with Gasteiger partial charge in [-0.1, -0.05) is 169 Å². The Balaban J connectivity index is 1.54. The van der Waals surface area contributed by atoms with Gasteiger partial charge >= 0.3 is 0 Å². The summed E-state index contributed by atoms with van der Waals surface area (Å²) < 4.78 is 280. The third-order valence-corrected chi connectivity index (χ3v) is 8.69. The largest absolute Gasteiger partial charge is 0.455 e. The topological polar surface area (TPSA) is 13.1 Å². The predicted octanol–water partition coefficient (Wildman–Crippen LogP) is 14.4. The Bertz CT molecular complexity index is 4820. The molecule has 0 bridgehead atoms. The molecule has 0 spiro atoms. The minimum Gasteiger partial charge on any atom is -0.455 e. The van der Waals surface area contributed by atoms with E-state index in [2.05, 4.69) is 0 Å². The van der Waals surface area contributed by atoms with E-state index >= 15 is 0 Å². The van der Waals surface area contributed by atoms with Crippen molar-refractivity contribution in [2.75, 3.05) is 0 Å². The van der Waals surface area contributed by atoms with E-state index in [0.717, 1.165) is 0 Å². The minimum atomic E-state index is -1.12. The highest BCUT2D eigenvalue weighted by Crippen LogP contribution is 2.50. The maximum atomic E-state index is 10.1. The maximum Gasteiger partial charge on any atom is 0.143 e. The van der Waals surface area contributed by atoms with Gasteiger partial charge in [0.2, 0.25) is 0 Å². The predicted molar refractivity (Wildman–Crippen MR) is 218 cm³/mol. The number of hydrogen-bond acceptors (Lipinski definition) is 1. The lowest BCUT2D eigenvalue weighted by molar-refractivity contribution is 0.670. The van der Waals surface area contributed by atoms with E-state index < -0.39 is 290 Å². The van der Waals surface area contributed by atoms with E-state index in [-0.39, 0.29) is 0 Å². The van der Waals surface area contributed by atoms with Gasteiger partial charge in [-0.25, -0.2) is 0 Å². The first-order valence-electron chi connectivity index (χ1n) is 30.2. The molecule has 0 amide bonds. The summed E-state index contributed by atoms with van der Waals surface area (Å²) in [6.07, 6.45) is 0. The van der Waals surface area contributed by atoms with Crippen LogP contribution in [0.2, 0.25) is 0 Å². The van der Waals surface area contributed by atoms with Crippen molar-refractivity contribution in [1.29, 1.82) is 0 Å². The van der Waals surface area contributed by atoms with Gasteiger partial charge in [0.05, 0.1) is 41.1 Å². The van der Waals surface area contributed by atoms with Crippen molar-refractivity contribution in [3.63, 3.8) is 0 Å². The molecule has 1 nitrogen and oxygen atoms in total. The fourth-order valence-corrected chi connectivity index (χ4v) is 6.62. The van der Waals surface area contributed by atoms with E-state index in [1.54, 1.807) is 0 Å². The van der Waals surface area contributed by atoms with Gasteiger partial charge in [-0.3, -0.25) is 0 Å². The van der Waals surface area contributed by atoms with E-state index in [9.17, 15) is 17.8 Å². The molecule has 0 saturated carbocycles. The Morgan fingerprint density at radius 2 is 0.843 bits per heavy atom. The van der Waals surface area contributed by atoms with Crippen molar-refractivity contribution in [3.8, 4) is 33.4 Å². The molecule has 0 fully saturated rings. The van der Waals surface area contributed by atoms with Crippen LogP contribution in [0.5, 0.6) is 0 Å². The summed E-state index contributed by atoms with van der Waals surface area (Å²) in [7, 11) is 0. The Morgan fingerprint density at radius 3 is 1.55 bits per heavy atom.